The fourth-order valence-corrected chi connectivity index (χ4v) is 5.59. The van der Waals surface area contributed by atoms with Gasteiger partial charge in [-0.2, -0.15) is 23.1 Å². The molecule has 2 fully saturated rings. The average Bonchev–Trinajstić information content (AvgIpc) is 3.26. The highest BCUT2D eigenvalue weighted by atomic mass is 19.4. The van der Waals surface area contributed by atoms with E-state index < -0.39 is 58.1 Å². The molecule has 3 aliphatic heterocycles. The summed E-state index contributed by atoms with van der Waals surface area (Å²) in [7, 11) is 0. The molecule has 3 N–H and O–H groups in total. The number of hydrogen-bond acceptors (Lipinski definition) is 9. The van der Waals surface area contributed by atoms with E-state index in [1.165, 1.54) is 0 Å². The van der Waals surface area contributed by atoms with Gasteiger partial charge in [0.1, 0.15) is 40.4 Å². The van der Waals surface area contributed by atoms with Crippen LogP contribution in [-0.4, -0.2) is 66.0 Å². The Bertz CT molecular complexity index is 1500. The molecular formula is C26H27F5N6O3. The first kappa shape index (κ1) is 26.7. The molecule has 4 atom stereocenters. The van der Waals surface area contributed by atoms with Crippen LogP contribution in [0.15, 0.2) is 6.07 Å². The van der Waals surface area contributed by atoms with Crippen molar-refractivity contribution in [2.45, 2.75) is 45.2 Å². The van der Waals surface area contributed by atoms with Crippen molar-refractivity contribution < 1.29 is 36.2 Å². The maximum absolute atomic E-state index is 16.4. The molecule has 0 radical (unpaired) electrons. The SMILES string of the molecule is Cc1c(F)c(N)cc(-c2nc3c4c(nc(O[C@H]5COC[C@@H]5C)nc4c2F)N2CCNC[C@H]2[C@H](C)O3)c1C(F)(F)F. The molecule has 3 aromatic rings. The lowest BCUT2D eigenvalue weighted by Crippen LogP contribution is -2.56. The first-order valence-electron chi connectivity index (χ1n) is 12.9. The normalized spacial score (nSPS) is 24.6. The molecule has 5 heterocycles. The van der Waals surface area contributed by atoms with Crippen molar-refractivity contribution in [3.05, 3.63) is 28.8 Å². The van der Waals surface area contributed by atoms with E-state index in [0.717, 1.165) is 13.0 Å². The monoisotopic (exact) mass is 566 g/mol. The van der Waals surface area contributed by atoms with E-state index in [9.17, 15) is 17.6 Å². The number of alkyl halides is 3. The first-order valence-corrected chi connectivity index (χ1v) is 12.9. The third-order valence-electron chi connectivity index (χ3n) is 7.73. The molecule has 0 amide bonds. The molecule has 40 heavy (non-hydrogen) atoms. The predicted octanol–water partition coefficient (Wildman–Crippen LogP) is 3.85. The summed E-state index contributed by atoms with van der Waals surface area (Å²) in [6.07, 6.45) is -5.94. The maximum atomic E-state index is 16.4. The minimum Gasteiger partial charge on any atom is -0.472 e. The van der Waals surface area contributed by atoms with Crippen LogP contribution >= 0.6 is 0 Å². The van der Waals surface area contributed by atoms with Crippen LogP contribution in [0.25, 0.3) is 22.2 Å². The zero-order valence-corrected chi connectivity index (χ0v) is 21.9. The Morgan fingerprint density at radius 1 is 1.12 bits per heavy atom. The van der Waals surface area contributed by atoms with Crippen LogP contribution in [-0.2, 0) is 10.9 Å². The summed E-state index contributed by atoms with van der Waals surface area (Å²) in [4.78, 5) is 15.1. The zero-order valence-electron chi connectivity index (χ0n) is 21.9. The quantitative estimate of drug-likeness (QED) is 0.361. The summed E-state index contributed by atoms with van der Waals surface area (Å²) < 4.78 is 91.1. The number of aromatic nitrogens is 3. The summed E-state index contributed by atoms with van der Waals surface area (Å²) in [5.74, 6) is -2.22. The highest BCUT2D eigenvalue weighted by Crippen LogP contribution is 2.46. The van der Waals surface area contributed by atoms with E-state index in [-0.39, 0.29) is 41.4 Å². The van der Waals surface area contributed by atoms with Gasteiger partial charge in [-0.3, -0.25) is 0 Å². The zero-order chi connectivity index (χ0) is 28.5. The molecule has 14 heteroatoms. The average molecular weight is 567 g/mol. The second-order valence-electron chi connectivity index (χ2n) is 10.4. The topological polar surface area (TPSA) is 108 Å². The van der Waals surface area contributed by atoms with Crippen molar-refractivity contribution in [3.8, 4) is 23.1 Å². The maximum Gasteiger partial charge on any atom is 0.417 e. The number of anilines is 2. The summed E-state index contributed by atoms with van der Waals surface area (Å²) in [5, 5.41) is 3.40. The summed E-state index contributed by atoms with van der Waals surface area (Å²) >= 11 is 0. The molecule has 9 nitrogen and oxygen atoms in total. The molecular weight excluding hydrogens is 539 g/mol. The molecule has 0 aliphatic carbocycles. The van der Waals surface area contributed by atoms with Crippen molar-refractivity contribution in [1.29, 1.82) is 0 Å². The standard InChI is InChI=1S/C26H27F5N6O3/c1-10-8-38-9-16(10)40-25-35-22-17-23(36-25)37-5-4-33-7-15(37)12(3)39-24(17)34-21(20(22)28)13-6-14(32)19(27)11(2)18(13)26(29,30)31/h6,10,12,15-16,33H,4-5,7-9,32H2,1-3H3/t10-,12-,15-,16-/m0/s1. The third kappa shape index (κ3) is 4.24. The van der Waals surface area contributed by atoms with Crippen molar-refractivity contribution in [2.24, 2.45) is 5.92 Å². The summed E-state index contributed by atoms with van der Waals surface area (Å²) in [6, 6.07) is 0.340. The fraction of sp³-hybridized carbons (Fsp3) is 0.500. The van der Waals surface area contributed by atoms with Gasteiger partial charge in [0, 0.05) is 31.1 Å². The van der Waals surface area contributed by atoms with Crippen molar-refractivity contribution >= 4 is 22.4 Å². The van der Waals surface area contributed by atoms with E-state index in [0.29, 0.717) is 32.1 Å². The van der Waals surface area contributed by atoms with Gasteiger partial charge in [-0.25, -0.2) is 13.8 Å². The Kier molecular flexibility index (Phi) is 6.37. The minimum absolute atomic E-state index is 0.0154. The van der Waals surface area contributed by atoms with Crippen LogP contribution in [0.5, 0.6) is 11.9 Å². The second kappa shape index (κ2) is 9.54. The Hall–Kier alpha value is -3.52. The van der Waals surface area contributed by atoms with E-state index in [1.54, 1.807) is 6.92 Å². The minimum atomic E-state index is -5.03. The Morgan fingerprint density at radius 2 is 1.90 bits per heavy atom. The first-order chi connectivity index (χ1) is 19.0. The van der Waals surface area contributed by atoms with Gasteiger partial charge in [-0.1, -0.05) is 6.92 Å². The highest BCUT2D eigenvalue weighted by molar-refractivity contribution is 5.97. The number of rotatable bonds is 3. The lowest BCUT2D eigenvalue weighted by atomic mass is 9.96. The van der Waals surface area contributed by atoms with Crippen LogP contribution in [0, 0.1) is 24.5 Å². The molecule has 0 saturated carbocycles. The fourth-order valence-electron chi connectivity index (χ4n) is 5.59. The number of halogens is 5. The van der Waals surface area contributed by atoms with Crippen LogP contribution in [0.4, 0.5) is 33.5 Å². The number of nitrogens with zero attached hydrogens (tertiary/aromatic N) is 4. The van der Waals surface area contributed by atoms with Gasteiger partial charge in [-0.05, 0) is 25.5 Å². The molecule has 6 rings (SSSR count). The Balaban J connectivity index is 1.64. The number of fused-ring (bicyclic) bond motifs is 2. The van der Waals surface area contributed by atoms with Crippen molar-refractivity contribution in [1.82, 2.24) is 20.3 Å². The van der Waals surface area contributed by atoms with Gasteiger partial charge in [0.25, 0.3) is 0 Å². The van der Waals surface area contributed by atoms with Gasteiger partial charge in [0.05, 0.1) is 30.5 Å². The number of ether oxygens (including phenoxy) is 3. The van der Waals surface area contributed by atoms with Crippen LogP contribution < -0.4 is 25.4 Å². The Morgan fingerprint density at radius 3 is 2.60 bits per heavy atom. The number of piperazine rings is 1. The van der Waals surface area contributed by atoms with Crippen molar-refractivity contribution in [3.63, 3.8) is 0 Å². The van der Waals surface area contributed by atoms with Gasteiger partial charge < -0.3 is 30.2 Å². The molecule has 0 bridgehead atoms. The number of nitrogen functional groups attached to an aromatic ring is 1. The number of benzene rings is 1. The lowest BCUT2D eigenvalue weighted by molar-refractivity contribution is -0.137. The van der Waals surface area contributed by atoms with Gasteiger partial charge in [0.2, 0.25) is 5.88 Å². The summed E-state index contributed by atoms with van der Waals surface area (Å²) in [6.45, 7) is 7.04. The molecule has 0 spiro atoms. The van der Waals surface area contributed by atoms with E-state index >= 15 is 4.39 Å². The second-order valence-corrected chi connectivity index (χ2v) is 10.4. The van der Waals surface area contributed by atoms with Gasteiger partial charge >= 0.3 is 12.2 Å². The van der Waals surface area contributed by atoms with E-state index in [1.807, 2.05) is 11.8 Å². The molecule has 0 unspecified atom stereocenters. The molecule has 3 aliphatic rings. The van der Waals surface area contributed by atoms with Crippen LogP contribution in [0.2, 0.25) is 0 Å². The number of hydrogen-bond donors (Lipinski definition) is 2. The summed E-state index contributed by atoms with van der Waals surface area (Å²) in [5.41, 5.74) is 1.20. The van der Waals surface area contributed by atoms with Gasteiger partial charge in [0.15, 0.2) is 5.82 Å². The molecule has 2 saturated heterocycles. The number of nitrogens with two attached hydrogens (primary N) is 1. The van der Waals surface area contributed by atoms with Crippen LogP contribution in [0.3, 0.4) is 0 Å². The lowest BCUT2D eigenvalue weighted by Gasteiger charge is -2.38. The predicted molar refractivity (Wildman–Crippen MR) is 135 cm³/mol. The third-order valence-corrected chi connectivity index (χ3v) is 7.73. The smallest absolute Gasteiger partial charge is 0.417 e. The largest absolute Gasteiger partial charge is 0.472 e. The Labute approximate surface area is 225 Å². The van der Waals surface area contributed by atoms with Crippen molar-refractivity contribution in [2.75, 3.05) is 43.5 Å². The number of nitrogens with one attached hydrogen (secondary N) is 1. The number of pyridine rings is 1. The molecule has 214 valence electrons. The highest BCUT2D eigenvalue weighted by Gasteiger charge is 2.41. The van der Waals surface area contributed by atoms with Gasteiger partial charge in [-0.15, -0.1) is 0 Å². The van der Waals surface area contributed by atoms with E-state index in [2.05, 4.69) is 20.3 Å². The molecule has 1 aromatic carbocycles. The van der Waals surface area contributed by atoms with Crippen LogP contribution in [0.1, 0.15) is 25.0 Å². The molecule has 2 aromatic heterocycles. The van der Waals surface area contributed by atoms with E-state index in [4.69, 9.17) is 19.9 Å².